The van der Waals surface area contributed by atoms with Gasteiger partial charge in [0.05, 0.1) is 11.9 Å². The van der Waals surface area contributed by atoms with E-state index in [0.29, 0.717) is 12.1 Å². The zero-order chi connectivity index (χ0) is 11.5. The predicted molar refractivity (Wildman–Crippen MR) is 59.3 cm³/mol. The fourth-order valence-corrected chi connectivity index (χ4v) is 1.32. The van der Waals surface area contributed by atoms with E-state index in [4.69, 9.17) is 16.7 Å². The Balaban J connectivity index is 2.90. The summed E-state index contributed by atoms with van der Waals surface area (Å²) in [5.41, 5.74) is -0.297. The molecule has 0 spiro atoms. The van der Waals surface area contributed by atoms with Gasteiger partial charge in [-0.2, -0.15) is 5.10 Å². The highest BCUT2D eigenvalue weighted by Crippen LogP contribution is 2.21. The Kier molecular flexibility index (Phi) is 3.71. The molecule has 0 fully saturated rings. The minimum atomic E-state index is -0.429. The molecular weight excluding hydrogens is 218 g/mol. The lowest BCUT2D eigenvalue weighted by Crippen LogP contribution is -2.32. The number of H-pyrrole nitrogens is 1. The van der Waals surface area contributed by atoms with E-state index in [1.165, 1.54) is 6.20 Å². The van der Waals surface area contributed by atoms with E-state index >= 15 is 0 Å². The second-order valence-corrected chi connectivity index (χ2v) is 4.29. The highest BCUT2D eigenvalue weighted by atomic mass is 35.5. The van der Waals surface area contributed by atoms with E-state index in [1.807, 2.05) is 13.8 Å². The third-order valence-electron chi connectivity index (χ3n) is 2.01. The molecule has 0 aromatic carbocycles. The van der Waals surface area contributed by atoms with E-state index in [9.17, 15) is 4.79 Å². The van der Waals surface area contributed by atoms with Crippen molar-refractivity contribution in [3.8, 4) is 0 Å². The summed E-state index contributed by atoms with van der Waals surface area (Å²) in [6, 6.07) is 0. The lowest BCUT2D eigenvalue weighted by molar-refractivity contribution is 0.261. The molecule has 0 radical (unpaired) electrons. The van der Waals surface area contributed by atoms with Gasteiger partial charge in [0.25, 0.3) is 5.56 Å². The maximum Gasteiger partial charge on any atom is 0.285 e. The highest BCUT2D eigenvalue weighted by molar-refractivity contribution is 6.32. The van der Waals surface area contributed by atoms with Crippen LogP contribution in [0, 0.1) is 0 Å². The van der Waals surface area contributed by atoms with Crippen LogP contribution in [0.1, 0.15) is 20.3 Å². The average molecular weight is 232 g/mol. The molecule has 5 nitrogen and oxygen atoms in total. The lowest BCUT2D eigenvalue weighted by atomic mass is 10.0. The third kappa shape index (κ3) is 3.21. The van der Waals surface area contributed by atoms with Crippen molar-refractivity contribution in [3.63, 3.8) is 0 Å². The number of nitrogens with zero attached hydrogens (tertiary/aromatic N) is 1. The number of aromatic amines is 1. The molecule has 0 unspecified atom stereocenters. The minimum absolute atomic E-state index is 0.0637. The number of rotatable bonds is 4. The number of hydrogen-bond donors (Lipinski definition) is 3. The maximum absolute atomic E-state index is 11.1. The fourth-order valence-electron chi connectivity index (χ4n) is 1.18. The lowest BCUT2D eigenvalue weighted by Gasteiger charge is -2.26. The molecule has 6 heteroatoms. The number of aliphatic hydroxyl groups is 1. The van der Waals surface area contributed by atoms with Crippen LogP contribution in [0.2, 0.25) is 5.02 Å². The van der Waals surface area contributed by atoms with Crippen molar-refractivity contribution in [2.24, 2.45) is 0 Å². The van der Waals surface area contributed by atoms with E-state index < -0.39 is 5.56 Å². The summed E-state index contributed by atoms with van der Waals surface area (Å²) in [5, 5.41) is 17.9. The van der Waals surface area contributed by atoms with Gasteiger partial charge < -0.3 is 10.4 Å². The van der Waals surface area contributed by atoms with E-state index in [-0.39, 0.29) is 17.2 Å². The van der Waals surface area contributed by atoms with E-state index in [1.54, 1.807) is 0 Å². The SMILES string of the molecule is CC(C)(CCO)Nc1cn[nH]c(=O)c1Cl. The molecule has 3 N–H and O–H groups in total. The average Bonchev–Trinajstić information content (AvgIpc) is 2.12. The van der Waals surface area contributed by atoms with Crippen molar-refractivity contribution < 1.29 is 5.11 Å². The maximum atomic E-state index is 11.1. The minimum Gasteiger partial charge on any atom is -0.396 e. The van der Waals surface area contributed by atoms with Crippen LogP contribution in [-0.4, -0.2) is 27.4 Å². The first-order chi connectivity index (χ1) is 6.96. The molecule has 1 aromatic rings. The first-order valence-corrected chi connectivity index (χ1v) is 4.96. The third-order valence-corrected chi connectivity index (χ3v) is 2.38. The van der Waals surface area contributed by atoms with Gasteiger partial charge in [-0.15, -0.1) is 0 Å². The normalized spacial score (nSPS) is 11.5. The van der Waals surface area contributed by atoms with Gasteiger partial charge in [-0.1, -0.05) is 11.6 Å². The van der Waals surface area contributed by atoms with Gasteiger partial charge in [-0.25, -0.2) is 5.10 Å². The first kappa shape index (κ1) is 12.0. The van der Waals surface area contributed by atoms with Crippen molar-refractivity contribution in [2.75, 3.05) is 11.9 Å². The summed E-state index contributed by atoms with van der Waals surface area (Å²) in [4.78, 5) is 11.1. The van der Waals surface area contributed by atoms with Gasteiger partial charge in [-0.05, 0) is 20.3 Å². The molecule has 0 amide bonds. The molecule has 84 valence electrons. The summed E-state index contributed by atoms with van der Waals surface area (Å²) < 4.78 is 0. The zero-order valence-corrected chi connectivity index (χ0v) is 9.43. The smallest absolute Gasteiger partial charge is 0.285 e. The van der Waals surface area contributed by atoms with Gasteiger partial charge in [-0.3, -0.25) is 4.79 Å². The summed E-state index contributed by atoms with van der Waals surface area (Å²) in [6.45, 7) is 3.87. The predicted octanol–water partition coefficient (Wildman–Crippen LogP) is 0.996. The van der Waals surface area contributed by atoms with E-state index in [0.717, 1.165) is 0 Å². The first-order valence-electron chi connectivity index (χ1n) is 4.58. The van der Waals surface area contributed by atoms with Crippen molar-refractivity contribution in [1.82, 2.24) is 10.2 Å². The molecule has 0 saturated heterocycles. The number of anilines is 1. The summed E-state index contributed by atoms with van der Waals surface area (Å²) in [7, 11) is 0. The molecule has 0 aliphatic heterocycles. The van der Waals surface area contributed by atoms with Gasteiger partial charge in [0.2, 0.25) is 0 Å². The largest absolute Gasteiger partial charge is 0.396 e. The Morgan fingerprint density at radius 3 is 2.93 bits per heavy atom. The Hall–Kier alpha value is -1.07. The molecule has 0 bridgehead atoms. The van der Waals surface area contributed by atoms with Crippen molar-refractivity contribution in [3.05, 3.63) is 21.6 Å². The van der Waals surface area contributed by atoms with Gasteiger partial charge in [0, 0.05) is 12.1 Å². The number of aromatic nitrogens is 2. The number of halogens is 1. The topological polar surface area (TPSA) is 78.0 Å². The van der Waals surface area contributed by atoms with Crippen LogP contribution >= 0.6 is 11.6 Å². The van der Waals surface area contributed by atoms with E-state index in [2.05, 4.69) is 15.5 Å². The van der Waals surface area contributed by atoms with Crippen molar-refractivity contribution in [1.29, 1.82) is 0 Å². The van der Waals surface area contributed by atoms with Gasteiger partial charge in [0.1, 0.15) is 5.02 Å². The molecule has 1 aromatic heterocycles. The van der Waals surface area contributed by atoms with Crippen LogP contribution in [0.5, 0.6) is 0 Å². The number of nitrogens with one attached hydrogen (secondary N) is 2. The quantitative estimate of drug-likeness (QED) is 0.722. The molecule has 0 aliphatic rings. The Labute approximate surface area is 92.5 Å². The summed E-state index contributed by atoms with van der Waals surface area (Å²) in [6.07, 6.45) is 2.00. The molecule has 1 heterocycles. The highest BCUT2D eigenvalue weighted by Gasteiger charge is 2.18. The van der Waals surface area contributed by atoms with Crippen LogP contribution in [0.15, 0.2) is 11.0 Å². The zero-order valence-electron chi connectivity index (χ0n) is 8.67. The second-order valence-electron chi connectivity index (χ2n) is 3.91. The molecule has 1 rings (SSSR count). The Morgan fingerprint density at radius 1 is 1.67 bits per heavy atom. The molecule has 15 heavy (non-hydrogen) atoms. The number of aliphatic hydroxyl groups excluding tert-OH is 1. The fraction of sp³-hybridized carbons (Fsp3) is 0.556. The summed E-state index contributed by atoms with van der Waals surface area (Å²) >= 11 is 5.79. The summed E-state index contributed by atoms with van der Waals surface area (Å²) in [5.74, 6) is 0. The molecule has 0 aliphatic carbocycles. The monoisotopic (exact) mass is 231 g/mol. The second kappa shape index (κ2) is 4.63. The number of hydrogen-bond acceptors (Lipinski definition) is 4. The van der Waals surface area contributed by atoms with Crippen LogP contribution in [0.3, 0.4) is 0 Å². The van der Waals surface area contributed by atoms with Crippen LogP contribution < -0.4 is 10.9 Å². The standard InChI is InChI=1S/C9H14ClN3O2/c1-9(2,3-4-14)12-6-5-11-13-8(15)7(6)10/h5,14H,3-4H2,1-2H3,(H2,12,13,15). The Morgan fingerprint density at radius 2 is 2.33 bits per heavy atom. The van der Waals surface area contributed by atoms with Gasteiger partial charge in [0.15, 0.2) is 0 Å². The van der Waals surface area contributed by atoms with Crippen molar-refractivity contribution in [2.45, 2.75) is 25.8 Å². The molecule has 0 saturated carbocycles. The molecule has 0 atom stereocenters. The molecular formula is C9H14ClN3O2. The Bertz CT molecular complexity index is 389. The van der Waals surface area contributed by atoms with Crippen molar-refractivity contribution >= 4 is 17.3 Å². The van der Waals surface area contributed by atoms with Crippen LogP contribution in [-0.2, 0) is 0 Å². The van der Waals surface area contributed by atoms with Gasteiger partial charge >= 0.3 is 0 Å². The van der Waals surface area contributed by atoms with Crippen LogP contribution in [0.25, 0.3) is 0 Å². The van der Waals surface area contributed by atoms with Crippen LogP contribution in [0.4, 0.5) is 5.69 Å².